The Kier molecular flexibility index (Phi) is 3.56. The number of aromatic nitrogens is 2. The Morgan fingerprint density at radius 1 is 1.56 bits per heavy atom. The maximum atomic E-state index is 5.64. The van der Waals surface area contributed by atoms with Crippen molar-refractivity contribution in [3.8, 4) is 5.88 Å². The van der Waals surface area contributed by atoms with Crippen LogP contribution in [0.1, 0.15) is 12.1 Å². The largest absolute Gasteiger partial charge is 0.477 e. The molecule has 0 saturated carbocycles. The number of ether oxygens (including phenoxy) is 2. The minimum absolute atomic E-state index is 0.494. The van der Waals surface area contributed by atoms with Gasteiger partial charge in [0.2, 0.25) is 11.8 Å². The van der Waals surface area contributed by atoms with Crippen molar-refractivity contribution in [2.24, 2.45) is 5.92 Å². The van der Waals surface area contributed by atoms with Gasteiger partial charge in [0.05, 0.1) is 13.2 Å². The summed E-state index contributed by atoms with van der Waals surface area (Å²) in [5, 5.41) is 2.91. The molecule has 0 amide bonds. The second-order valence-corrected chi connectivity index (χ2v) is 3.96. The molecule has 16 heavy (non-hydrogen) atoms. The average molecular weight is 223 g/mol. The molecule has 1 atom stereocenters. The van der Waals surface area contributed by atoms with E-state index in [-0.39, 0.29) is 0 Å². The van der Waals surface area contributed by atoms with Gasteiger partial charge in [0.25, 0.3) is 0 Å². The molecule has 0 radical (unpaired) electrons. The first-order chi connectivity index (χ1) is 7.78. The third-order valence-electron chi connectivity index (χ3n) is 2.55. The van der Waals surface area contributed by atoms with Crippen LogP contribution in [0.5, 0.6) is 5.88 Å². The maximum absolute atomic E-state index is 5.64. The smallest absolute Gasteiger partial charge is 0.225 e. The lowest BCUT2D eigenvalue weighted by molar-refractivity contribution is 0.165. The maximum Gasteiger partial charge on any atom is 0.225 e. The van der Waals surface area contributed by atoms with Crippen molar-refractivity contribution in [1.29, 1.82) is 0 Å². The normalized spacial score (nSPS) is 19.8. The van der Waals surface area contributed by atoms with Gasteiger partial charge >= 0.3 is 0 Å². The minimum Gasteiger partial charge on any atom is -0.477 e. The van der Waals surface area contributed by atoms with Crippen LogP contribution in [0, 0.1) is 12.8 Å². The molecule has 1 aromatic rings. The van der Waals surface area contributed by atoms with Crippen LogP contribution in [0.4, 0.5) is 5.95 Å². The van der Waals surface area contributed by atoms with Crippen LogP contribution >= 0.6 is 0 Å². The van der Waals surface area contributed by atoms with Crippen LogP contribution < -0.4 is 10.1 Å². The molecular weight excluding hydrogens is 206 g/mol. The van der Waals surface area contributed by atoms with E-state index in [9.17, 15) is 0 Å². The van der Waals surface area contributed by atoms with E-state index < -0.39 is 0 Å². The van der Waals surface area contributed by atoms with Crippen LogP contribution in [-0.4, -0.2) is 36.8 Å². The number of aryl methyl sites for hydroxylation is 1. The van der Waals surface area contributed by atoms with E-state index in [0.29, 0.717) is 24.4 Å². The fourth-order valence-electron chi connectivity index (χ4n) is 1.64. The van der Waals surface area contributed by atoms with Crippen molar-refractivity contribution < 1.29 is 9.47 Å². The van der Waals surface area contributed by atoms with Gasteiger partial charge < -0.3 is 14.8 Å². The number of nitrogens with zero attached hydrogens (tertiary/aromatic N) is 2. The second-order valence-electron chi connectivity index (χ2n) is 3.96. The molecule has 5 heteroatoms. The average Bonchev–Trinajstić information content (AvgIpc) is 2.78. The molecule has 1 fully saturated rings. The highest BCUT2D eigenvalue weighted by atomic mass is 16.5. The fraction of sp³-hybridized carbons (Fsp3) is 0.636. The highest BCUT2D eigenvalue weighted by Crippen LogP contribution is 2.16. The van der Waals surface area contributed by atoms with E-state index >= 15 is 0 Å². The van der Waals surface area contributed by atoms with Crippen molar-refractivity contribution >= 4 is 5.95 Å². The van der Waals surface area contributed by atoms with Crippen molar-refractivity contribution in [1.82, 2.24) is 9.97 Å². The number of rotatable bonds is 4. The Balaban J connectivity index is 1.94. The van der Waals surface area contributed by atoms with Crippen molar-refractivity contribution in [2.45, 2.75) is 13.3 Å². The molecule has 1 aromatic heterocycles. The molecule has 2 rings (SSSR count). The standard InChI is InChI=1S/C11H17N3O2/c1-8-5-10(14-11(12-2)13-8)16-7-9-3-4-15-6-9/h5,9H,3-4,6-7H2,1-2H3,(H,12,13,14). The number of hydrogen-bond acceptors (Lipinski definition) is 5. The lowest BCUT2D eigenvalue weighted by atomic mass is 10.1. The summed E-state index contributed by atoms with van der Waals surface area (Å²) < 4.78 is 10.9. The zero-order valence-corrected chi connectivity index (χ0v) is 9.69. The number of hydrogen-bond donors (Lipinski definition) is 1. The van der Waals surface area contributed by atoms with Crippen molar-refractivity contribution in [3.05, 3.63) is 11.8 Å². The first-order valence-electron chi connectivity index (χ1n) is 5.52. The van der Waals surface area contributed by atoms with Crippen LogP contribution in [0.2, 0.25) is 0 Å². The van der Waals surface area contributed by atoms with E-state index in [0.717, 1.165) is 25.3 Å². The fourth-order valence-corrected chi connectivity index (χ4v) is 1.64. The van der Waals surface area contributed by atoms with Gasteiger partial charge in [-0.05, 0) is 13.3 Å². The van der Waals surface area contributed by atoms with E-state index in [1.165, 1.54) is 0 Å². The van der Waals surface area contributed by atoms with Gasteiger partial charge in [0.1, 0.15) is 0 Å². The predicted molar refractivity (Wildman–Crippen MR) is 60.7 cm³/mol. The summed E-state index contributed by atoms with van der Waals surface area (Å²) in [5.74, 6) is 1.72. The van der Waals surface area contributed by atoms with Crippen LogP contribution in [0.25, 0.3) is 0 Å². The number of nitrogens with one attached hydrogen (secondary N) is 1. The van der Waals surface area contributed by atoms with E-state index in [2.05, 4.69) is 15.3 Å². The molecule has 2 heterocycles. The lowest BCUT2D eigenvalue weighted by Gasteiger charge is -2.10. The molecule has 5 nitrogen and oxygen atoms in total. The van der Waals surface area contributed by atoms with Gasteiger partial charge in [-0.1, -0.05) is 0 Å². The van der Waals surface area contributed by atoms with Crippen LogP contribution in [0.15, 0.2) is 6.07 Å². The highest BCUT2D eigenvalue weighted by molar-refractivity contribution is 5.29. The topological polar surface area (TPSA) is 56.3 Å². The Bertz CT molecular complexity index is 351. The molecule has 1 aliphatic rings. The molecule has 0 spiro atoms. The van der Waals surface area contributed by atoms with Crippen LogP contribution in [-0.2, 0) is 4.74 Å². The SMILES string of the molecule is CNc1nc(C)cc(OCC2CCOC2)n1. The minimum atomic E-state index is 0.494. The summed E-state index contributed by atoms with van der Waals surface area (Å²) in [4.78, 5) is 8.43. The Morgan fingerprint density at radius 3 is 3.12 bits per heavy atom. The van der Waals surface area contributed by atoms with Crippen molar-refractivity contribution in [3.63, 3.8) is 0 Å². The molecule has 1 N–H and O–H groups in total. The molecule has 0 aromatic carbocycles. The summed E-state index contributed by atoms with van der Waals surface area (Å²) in [5.41, 5.74) is 0.900. The summed E-state index contributed by atoms with van der Waals surface area (Å²) in [6.45, 7) is 4.23. The summed E-state index contributed by atoms with van der Waals surface area (Å²) in [6.07, 6.45) is 1.07. The summed E-state index contributed by atoms with van der Waals surface area (Å²) in [6, 6.07) is 1.84. The van der Waals surface area contributed by atoms with Gasteiger partial charge in [0.15, 0.2) is 0 Å². The van der Waals surface area contributed by atoms with Gasteiger partial charge in [-0.15, -0.1) is 0 Å². The predicted octanol–water partition coefficient (Wildman–Crippen LogP) is 1.24. The molecule has 1 saturated heterocycles. The Hall–Kier alpha value is -1.36. The molecule has 1 unspecified atom stereocenters. The molecular formula is C11H17N3O2. The first kappa shape index (κ1) is 11.1. The zero-order valence-electron chi connectivity index (χ0n) is 9.69. The highest BCUT2D eigenvalue weighted by Gasteiger charge is 2.16. The second kappa shape index (κ2) is 5.12. The Morgan fingerprint density at radius 2 is 2.44 bits per heavy atom. The van der Waals surface area contributed by atoms with E-state index in [4.69, 9.17) is 9.47 Å². The Labute approximate surface area is 95.2 Å². The monoisotopic (exact) mass is 223 g/mol. The van der Waals surface area contributed by atoms with Gasteiger partial charge in [-0.2, -0.15) is 4.98 Å². The lowest BCUT2D eigenvalue weighted by Crippen LogP contribution is -2.13. The van der Waals surface area contributed by atoms with Crippen LogP contribution in [0.3, 0.4) is 0 Å². The van der Waals surface area contributed by atoms with Gasteiger partial charge in [-0.3, -0.25) is 0 Å². The zero-order chi connectivity index (χ0) is 11.4. The quantitative estimate of drug-likeness (QED) is 0.832. The molecule has 1 aliphatic heterocycles. The molecule has 0 bridgehead atoms. The summed E-state index contributed by atoms with van der Waals surface area (Å²) >= 11 is 0. The first-order valence-corrected chi connectivity index (χ1v) is 5.52. The van der Waals surface area contributed by atoms with Gasteiger partial charge in [0, 0.05) is 31.3 Å². The van der Waals surface area contributed by atoms with Gasteiger partial charge in [-0.25, -0.2) is 4.98 Å². The summed E-state index contributed by atoms with van der Waals surface area (Å²) in [7, 11) is 1.80. The number of anilines is 1. The molecule has 88 valence electrons. The molecule has 0 aliphatic carbocycles. The van der Waals surface area contributed by atoms with E-state index in [1.807, 2.05) is 13.0 Å². The third-order valence-corrected chi connectivity index (χ3v) is 2.55. The van der Waals surface area contributed by atoms with Crippen molar-refractivity contribution in [2.75, 3.05) is 32.2 Å². The van der Waals surface area contributed by atoms with E-state index in [1.54, 1.807) is 7.05 Å². The third kappa shape index (κ3) is 2.82.